The number of carboxylic acid groups (broad SMARTS) is 2. The minimum atomic E-state index is -5.08. The first kappa shape index (κ1) is 36.9. The van der Waals surface area contributed by atoms with Gasteiger partial charge >= 0.3 is 24.3 Å². The fourth-order valence-corrected chi connectivity index (χ4v) is 3.66. The summed E-state index contributed by atoms with van der Waals surface area (Å²) in [5.41, 5.74) is 4.22. The van der Waals surface area contributed by atoms with Crippen LogP contribution in [0.25, 0.3) is 0 Å². The molecule has 1 aromatic heterocycles. The minimum Gasteiger partial charge on any atom is -0.497 e. The smallest absolute Gasteiger partial charge is 0.490 e. The summed E-state index contributed by atoms with van der Waals surface area (Å²) >= 11 is 0. The zero-order valence-corrected chi connectivity index (χ0v) is 24.1. The van der Waals surface area contributed by atoms with E-state index in [1.54, 1.807) is 7.11 Å². The largest absolute Gasteiger partial charge is 0.497 e. The number of carbonyl (C=O) groups excluding carboxylic acids is 1. The summed E-state index contributed by atoms with van der Waals surface area (Å²) < 4.78 is 68.7. The molecule has 16 heteroatoms. The summed E-state index contributed by atoms with van der Waals surface area (Å²) in [6.45, 7) is 6.76. The van der Waals surface area contributed by atoms with Crippen LogP contribution >= 0.6 is 0 Å². The highest BCUT2D eigenvalue weighted by Gasteiger charge is 2.38. The SMILES string of the molecule is COc1ccc(CN2CCc3cc(C(=O)NC(C)C)c(N(C)C)nc3CC2)cc1.O=C(O)C(F)(F)F.O=C(O)C(F)(F)F. The molecule has 0 fully saturated rings. The average molecular weight is 625 g/mol. The number of hydrogen-bond donors (Lipinski definition) is 3. The average Bonchev–Trinajstić information content (AvgIpc) is 3.09. The van der Waals surface area contributed by atoms with Crippen molar-refractivity contribution in [2.75, 3.05) is 39.2 Å². The van der Waals surface area contributed by atoms with Crippen LogP contribution in [0.15, 0.2) is 30.3 Å². The molecule has 0 saturated carbocycles. The topological polar surface area (TPSA) is 132 Å². The molecular formula is C27H34F6N4O6. The fourth-order valence-electron chi connectivity index (χ4n) is 3.66. The van der Waals surface area contributed by atoms with Crippen LogP contribution in [0.1, 0.15) is 41.0 Å². The molecule has 0 spiro atoms. The standard InChI is InChI=1S/C23H32N4O2.2C2HF3O2/c1-16(2)24-23(28)20-14-18-10-12-27(13-11-21(18)25-22(20)26(3)4)15-17-6-8-19(29-5)9-7-17;2*3-2(4,5)1(6)7/h6-9,14,16H,10-13,15H2,1-5H3,(H,24,28);2*(H,6,7). The number of carboxylic acids is 2. The molecule has 1 amide bonds. The van der Waals surface area contributed by atoms with E-state index in [9.17, 15) is 31.1 Å². The van der Waals surface area contributed by atoms with Gasteiger partial charge in [-0.1, -0.05) is 12.1 Å². The zero-order chi connectivity index (χ0) is 33.1. The molecule has 43 heavy (non-hydrogen) atoms. The Bertz CT molecular complexity index is 1210. The normalized spacial score (nSPS) is 13.3. The van der Waals surface area contributed by atoms with E-state index < -0.39 is 24.3 Å². The van der Waals surface area contributed by atoms with E-state index in [2.05, 4.69) is 22.3 Å². The maximum atomic E-state index is 12.7. The molecule has 0 unspecified atom stereocenters. The molecular weight excluding hydrogens is 590 g/mol. The van der Waals surface area contributed by atoms with E-state index in [-0.39, 0.29) is 11.9 Å². The van der Waals surface area contributed by atoms with E-state index >= 15 is 0 Å². The van der Waals surface area contributed by atoms with Crippen LogP contribution in [0.5, 0.6) is 5.75 Å². The molecule has 0 atom stereocenters. The maximum Gasteiger partial charge on any atom is 0.490 e. The van der Waals surface area contributed by atoms with Gasteiger partial charge < -0.3 is 25.2 Å². The summed E-state index contributed by atoms with van der Waals surface area (Å²) in [7, 11) is 5.56. The van der Waals surface area contributed by atoms with Crippen molar-refractivity contribution < 1.29 is 55.7 Å². The Morgan fingerprint density at radius 1 is 0.977 bits per heavy atom. The van der Waals surface area contributed by atoms with E-state index in [0.717, 1.165) is 49.7 Å². The predicted octanol–water partition coefficient (Wildman–Crippen LogP) is 4.16. The number of ether oxygens (including phenoxy) is 1. The molecule has 0 radical (unpaired) electrons. The van der Waals surface area contributed by atoms with E-state index in [0.29, 0.717) is 5.56 Å². The summed E-state index contributed by atoms with van der Waals surface area (Å²) in [6, 6.07) is 10.4. The van der Waals surface area contributed by atoms with E-state index in [4.69, 9.17) is 29.5 Å². The van der Waals surface area contributed by atoms with Gasteiger partial charge in [-0.2, -0.15) is 26.3 Å². The van der Waals surface area contributed by atoms with Gasteiger partial charge in [-0.15, -0.1) is 0 Å². The van der Waals surface area contributed by atoms with Crippen molar-refractivity contribution in [1.82, 2.24) is 15.2 Å². The van der Waals surface area contributed by atoms with Crippen molar-refractivity contribution >= 4 is 23.7 Å². The lowest BCUT2D eigenvalue weighted by Gasteiger charge is -2.19. The Balaban J connectivity index is 0.000000548. The van der Waals surface area contributed by atoms with Gasteiger partial charge in [0.1, 0.15) is 11.6 Å². The van der Waals surface area contributed by atoms with Gasteiger partial charge in [-0.3, -0.25) is 9.69 Å². The minimum absolute atomic E-state index is 0.0571. The van der Waals surface area contributed by atoms with Crippen molar-refractivity contribution in [3.8, 4) is 5.75 Å². The third kappa shape index (κ3) is 12.8. The highest BCUT2D eigenvalue weighted by molar-refractivity contribution is 5.99. The quantitative estimate of drug-likeness (QED) is 0.406. The molecule has 0 saturated heterocycles. The molecule has 3 N–H and O–H groups in total. The lowest BCUT2D eigenvalue weighted by atomic mass is 10.0. The second-order valence-corrected chi connectivity index (χ2v) is 9.72. The zero-order valence-electron chi connectivity index (χ0n) is 24.1. The summed E-state index contributed by atoms with van der Waals surface area (Å²) in [5.74, 6) is -3.95. The van der Waals surface area contributed by atoms with Gasteiger partial charge in [0, 0.05) is 51.9 Å². The van der Waals surface area contributed by atoms with Gasteiger partial charge in [0.2, 0.25) is 0 Å². The number of nitrogens with one attached hydrogen (secondary N) is 1. The molecule has 0 bridgehead atoms. The first-order valence-electron chi connectivity index (χ1n) is 12.7. The Labute approximate surface area is 244 Å². The van der Waals surface area contributed by atoms with Crippen LogP contribution in [-0.4, -0.2) is 90.6 Å². The molecule has 1 aliphatic heterocycles. The Morgan fingerprint density at radius 3 is 1.88 bits per heavy atom. The van der Waals surface area contributed by atoms with Gasteiger partial charge in [0.25, 0.3) is 5.91 Å². The summed E-state index contributed by atoms with van der Waals surface area (Å²) in [4.78, 5) is 39.8. The monoisotopic (exact) mass is 624 g/mol. The summed E-state index contributed by atoms with van der Waals surface area (Å²) in [5, 5.41) is 17.3. The number of aliphatic carboxylic acids is 2. The van der Waals surface area contributed by atoms with Gasteiger partial charge in [-0.25, -0.2) is 14.6 Å². The number of benzene rings is 1. The lowest BCUT2D eigenvalue weighted by Crippen LogP contribution is -2.32. The number of alkyl halides is 6. The molecule has 10 nitrogen and oxygen atoms in total. The predicted molar refractivity (Wildman–Crippen MR) is 144 cm³/mol. The molecule has 2 aromatic rings. The number of fused-ring (bicyclic) bond motifs is 1. The molecule has 3 rings (SSSR count). The van der Waals surface area contributed by atoms with Crippen molar-refractivity contribution in [2.45, 2.75) is 51.6 Å². The van der Waals surface area contributed by atoms with Crippen LogP contribution in [0.3, 0.4) is 0 Å². The Hall–Kier alpha value is -4.08. The van der Waals surface area contributed by atoms with Gasteiger partial charge in [0.15, 0.2) is 0 Å². The highest BCUT2D eigenvalue weighted by Crippen LogP contribution is 2.24. The Kier molecular flexibility index (Phi) is 13.7. The summed E-state index contributed by atoms with van der Waals surface area (Å²) in [6.07, 6.45) is -8.38. The van der Waals surface area contributed by atoms with Crippen LogP contribution in [0.4, 0.5) is 32.2 Å². The fraction of sp³-hybridized carbons (Fsp3) is 0.481. The number of anilines is 1. The van der Waals surface area contributed by atoms with Gasteiger partial charge in [-0.05, 0) is 49.6 Å². The number of hydrogen-bond acceptors (Lipinski definition) is 7. The first-order chi connectivity index (χ1) is 19.8. The number of amides is 1. The molecule has 2 heterocycles. The number of halogens is 6. The van der Waals surface area contributed by atoms with Crippen LogP contribution < -0.4 is 15.0 Å². The highest BCUT2D eigenvalue weighted by atomic mass is 19.4. The second-order valence-electron chi connectivity index (χ2n) is 9.72. The molecule has 1 aromatic carbocycles. The number of rotatable bonds is 6. The number of carbonyl (C=O) groups is 3. The number of aromatic nitrogens is 1. The molecule has 1 aliphatic rings. The maximum absolute atomic E-state index is 12.7. The van der Waals surface area contributed by atoms with Crippen LogP contribution in [-0.2, 0) is 29.0 Å². The van der Waals surface area contributed by atoms with Crippen LogP contribution in [0, 0.1) is 0 Å². The molecule has 0 aliphatic carbocycles. The van der Waals surface area contributed by atoms with Crippen molar-refractivity contribution in [3.63, 3.8) is 0 Å². The molecule has 240 valence electrons. The lowest BCUT2D eigenvalue weighted by molar-refractivity contribution is -0.193. The van der Waals surface area contributed by atoms with E-state index in [1.807, 2.05) is 51.0 Å². The van der Waals surface area contributed by atoms with E-state index in [1.165, 1.54) is 11.1 Å². The number of pyridine rings is 1. The third-order valence-corrected chi connectivity index (χ3v) is 5.67. The van der Waals surface area contributed by atoms with Crippen molar-refractivity contribution in [1.29, 1.82) is 0 Å². The van der Waals surface area contributed by atoms with Crippen LogP contribution in [0.2, 0.25) is 0 Å². The Morgan fingerprint density at radius 2 is 1.47 bits per heavy atom. The first-order valence-corrected chi connectivity index (χ1v) is 12.7. The third-order valence-electron chi connectivity index (χ3n) is 5.67. The second kappa shape index (κ2) is 16.0. The number of nitrogens with zero attached hydrogens (tertiary/aromatic N) is 3. The van der Waals surface area contributed by atoms with Crippen molar-refractivity contribution in [2.24, 2.45) is 0 Å². The number of methoxy groups -OCH3 is 1. The van der Waals surface area contributed by atoms with Gasteiger partial charge in [0.05, 0.1) is 12.7 Å². The van der Waals surface area contributed by atoms with Crippen molar-refractivity contribution in [3.05, 3.63) is 52.7 Å².